The molecular formula is C21H22N2OS. The second-order valence-electron chi connectivity index (χ2n) is 6.68. The summed E-state index contributed by atoms with van der Waals surface area (Å²) >= 11 is 1.72. The minimum absolute atomic E-state index is 0.0799. The molecule has 1 atom stereocenters. The van der Waals surface area contributed by atoms with Crippen molar-refractivity contribution >= 4 is 17.2 Å². The molecule has 2 aromatic rings. The molecule has 1 aromatic heterocycles. The van der Waals surface area contributed by atoms with Gasteiger partial charge in [-0.1, -0.05) is 25.1 Å². The molecule has 0 N–H and O–H groups in total. The van der Waals surface area contributed by atoms with Gasteiger partial charge in [0.2, 0.25) is 0 Å². The Balaban J connectivity index is 1.81. The van der Waals surface area contributed by atoms with Gasteiger partial charge in [-0.05, 0) is 48.4 Å². The highest BCUT2D eigenvalue weighted by Gasteiger charge is 2.25. The normalized spacial score (nSPS) is 15.9. The Morgan fingerprint density at radius 3 is 2.88 bits per heavy atom. The van der Waals surface area contributed by atoms with Gasteiger partial charge in [-0.2, -0.15) is 5.26 Å². The van der Waals surface area contributed by atoms with Gasteiger partial charge >= 0.3 is 0 Å². The zero-order chi connectivity index (χ0) is 17.8. The van der Waals surface area contributed by atoms with E-state index in [1.807, 2.05) is 22.4 Å². The van der Waals surface area contributed by atoms with Crippen molar-refractivity contribution in [3.05, 3.63) is 69.4 Å². The zero-order valence-electron chi connectivity index (χ0n) is 14.5. The first-order valence-electron chi connectivity index (χ1n) is 8.60. The van der Waals surface area contributed by atoms with Gasteiger partial charge in [-0.3, -0.25) is 4.79 Å². The maximum atomic E-state index is 13.1. The Morgan fingerprint density at radius 1 is 1.44 bits per heavy atom. The van der Waals surface area contributed by atoms with Gasteiger partial charge in [-0.25, -0.2) is 0 Å². The molecule has 1 heterocycles. The second kappa shape index (κ2) is 7.67. The molecular weight excluding hydrogens is 328 g/mol. The number of carbonyl (C=O) groups is 1. The highest BCUT2D eigenvalue weighted by Crippen LogP contribution is 2.33. The van der Waals surface area contributed by atoms with E-state index in [-0.39, 0.29) is 5.91 Å². The third-order valence-corrected chi connectivity index (χ3v) is 5.78. The molecule has 1 aromatic carbocycles. The van der Waals surface area contributed by atoms with Crippen LogP contribution in [0.3, 0.4) is 0 Å². The maximum Gasteiger partial charge on any atom is 0.255 e. The van der Waals surface area contributed by atoms with Crippen LogP contribution in [0.15, 0.2) is 42.3 Å². The van der Waals surface area contributed by atoms with Crippen LogP contribution in [0.1, 0.15) is 45.3 Å². The molecule has 3 rings (SSSR count). The van der Waals surface area contributed by atoms with Crippen molar-refractivity contribution < 1.29 is 4.79 Å². The summed E-state index contributed by atoms with van der Waals surface area (Å²) in [6.07, 6.45) is 5.01. The third-order valence-electron chi connectivity index (χ3n) is 4.73. The molecule has 0 saturated heterocycles. The molecule has 0 bridgehead atoms. The highest BCUT2D eigenvalue weighted by atomic mass is 32.1. The quantitative estimate of drug-likeness (QED) is 0.741. The van der Waals surface area contributed by atoms with E-state index >= 15 is 0 Å². The van der Waals surface area contributed by atoms with E-state index in [0.29, 0.717) is 24.6 Å². The summed E-state index contributed by atoms with van der Waals surface area (Å²) in [6, 6.07) is 9.52. The lowest BCUT2D eigenvalue weighted by atomic mass is 9.88. The molecule has 25 heavy (non-hydrogen) atoms. The SMILES string of the molecule is C=CCN(Cc1ccc(C#N)cc1)C(=O)c1csc2c1CCC(C)C2. The summed E-state index contributed by atoms with van der Waals surface area (Å²) in [5.41, 5.74) is 3.77. The Labute approximate surface area is 153 Å². The van der Waals surface area contributed by atoms with Crippen molar-refractivity contribution in [3.8, 4) is 6.07 Å². The lowest BCUT2D eigenvalue weighted by molar-refractivity contribution is 0.0762. The van der Waals surface area contributed by atoms with Crippen LogP contribution in [0.5, 0.6) is 0 Å². The van der Waals surface area contributed by atoms with Crippen molar-refractivity contribution in [2.24, 2.45) is 5.92 Å². The zero-order valence-corrected chi connectivity index (χ0v) is 15.3. The van der Waals surface area contributed by atoms with Gasteiger partial charge in [0.05, 0.1) is 17.2 Å². The number of hydrogen-bond donors (Lipinski definition) is 0. The Hall–Kier alpha value is -2.38. The summed E-state index contributed by atoms with van der Waals surface area (Å²) in [5.74, 6) is 0.786. The molecule has 1 aliphatic rings. The molecule has 0 spiro atoms. The third kappa shape index (κ3) is 3.83. The predicted molar refractivity (Wildman–Crippen MR) is 102 cm³/mol. The average Bonchev–Trinajstić information content (AvgIpc) is 3.04. The highest BCUT2D eigenvalue weighted by molar-refractivity contribution is 7.10. The van der Waals surface area contributed by atoms with Crippen LogP contribution in [-0.4, -0.2) is 17.4 Å². The lowest BCUT2D eigenvalue weighted by Crippen LogP contribution is -2.31. The minimum atomic E-state index is 0.0799. The standard InChI is InChI=1S/C21H22N2OS/c1-3-10-23(13-17-7-5-16(12-22)6-8-17)21(24)19-14-25-20-11-15(2)4-9-18(19)20/h3,5-8,14-15H,1,4,9-11,13H2,2H3. The van der Waals surface area contributed by atoms with Crippen LogP contribution in [0.25, 0.3) is 0 Å². The summed E-state index contributed by atoms with van der Waals surface area (Å²) in [4.78, 5) is 16.3. The molecule has 3 nitrogen and oxygen atoms in total. The van der Waals surface area contributed by atoms with Crippen LogP contribution in [-0.2, 0) is 19.4 Å². The van der Waals surface area contributed by atoms with E-state index < -0.39 is 0 Å². The van der Waals surface area contributed by atoms with Gasteiger partial charge in [0.15, 0.2) is 0 Å². The van der Waals surface area contributed by atoms with Gasteiger partial charge in [0.1, 0.15) is 0 Å². The number of benzene rings is 1. The number of carbonyl (C=O) groups excluding carboxylic acids is 1. The van der Waals surface area contributed by atoms with E-state index in [0.717, 1.165) is 30.4 Å². The monoisotopic (exact) mass is 350 g/mol. The van der Waals surface area contributed by atoms with E-state index in [1.54, 1.807) is 29.5 Å². The molecule has 1 amide bonds. The Bertz CT molecular complexity index is 813. The van der Waals surface area contributed by atoms with E-state index in [9.17, 15) is 4.79 Å². The van der Waals surface area contributed by atoms with Crippen molar-refractivity contribution in [1.82, 2.24) is 4.90 Å². The molecule has 1 aliphatic carbocycles. The fourth-order valence-corrected chi connectivity index (χ4v) is 4.55. The molecule has 0 aliphatic heterocycles. The number of fused-ring (bicyclic) bond motifs is 1. The number of hydrogen-bond acceptors (Lipinski definition) is 3. The van der Waals surface area contributed by atoms with Crippen LogP contribution < -0.4 is 0 Å². The van der Waals surface area contributed by atoms with Crippen LogP contribution in [0, 0.1) is 17.2 Å². The van der Waals surface area contributed by atoms with Crippen molar-refractivity contribution in [3.63, 3.8) is 0 Å². The van der Waals surface area contributed by atoms with Gasteiger partial charge in [0.25, 0.3) is 5.91 Å². The molecule has 128 valence electrons. The van der Waals surface area contributed by atoms with Crippen molar-refractivity contribution in [1.29, 1.82) is 5.26 Å². The van der Waals surface area contributed by atoms with E-state index in [4.69, 9.17) is 5.26 Å². The van der Waals surface area contributed by atoms with Crippen LogP contribution in [0.4, 0.5) is 0 Å². The van der Waals surface area contributed by atoms with Crippen molar-refractivity contribution in [2.45, 2.75) is 32.7 Å². The molecule has 4 heteroatoms. The van der Waals surface area contributed by atoms with E-state index in [2.05, 4.69) is 19.6 Å². The second-order valence-corrected chi connectivity index (χ2v) is 7.65. The fraction of sp³-hybridized carbons (Fsp3) is 0.333. The van der Waals surface area contributed by atoms with Crippen LogP contribution in [0.2, 0.25) is 0 Å². The summed E-state index contributed by atoms with van der Waals surface area (Å²) in [5, 5.41) is 10.9. The first-order valence-corrected chi connectivity index (χ1v) is 9.48. The number of thiophene rings is 1. The molecule has 1 unspecified atom stereocenters. The van der Waals surface area contributed by atoms with E-state index in [1.165, 1.54) is 10.4 Å². The van der Waals surface area contributed by atoms with Crippen LogP contribution >= 0.6 is 11.3 Å². The average molecular weight is 350 g/mol. The smallest absolute Gasteiger partial charge is 0.255 e. The predicted octanol–water partition coefficient (Wildman–Crippen LogP) is 4.57. The number of amides is 1. The molecule has 0 radical (unpaired) electrons. The van der Waals surface area contributed by atoms with Gasteiger partial charge in [-0.15, -0.1) is 17.9 Å². The number of rotatable bonds is 5. The van der Waals surface area contributed by atoms with Gasteiger partial charge < -0.3 is 4.90 Å². The summed E-state index contributed by atoms with van der Waals surface area (Å²) in [6.45, 7) is 7.11. The Kier molecular flexibility index (Phi) is 5.35. The minimum Gasteiger partial charge on any atom is -0.331 e. The largest absolute Gasteiger partial charge is 0.331 e. The van der Waals surface area contributed by atoms with Gasteiger partial charge in [0, 0.05) is 23.3 Å². The maximum absolute atomic E-state index is 13.1. The summed E-state index contributed by atoms with van der Waals surface area (Å²) < 4.78 is 0. The lowest BCUT2D eigenvalue weighted by Gasteiger charge is -2.23. The molecule has 0 saturated carbocycles. The fourth-order valence-electron chi connectivity index (χ4n) is 3.31. The summed E-state index contributed by atoms with van der Waals surface area (Å²) in [7, 11) is 0. The number of nitriles is 1. The first kappa shape index (κ1) is 17.4. The number of nitrogens with zero attached hydrogens (tertiary/aromatic N) is 2. The Morgan fingerprint density at radius 2 is 2.20 bits per heavy atom. The first-order chi connectivity index (χ1) is 12.1. The van der Waals surface area contributed by atoms with Crippen molar-refractivity contribution in [2.75, 3.05) is 6.54 Å². The molecule has 0 fully saturated rings. The topological polar surface area (TPSA) is 44.1 Å².